The minimum absolute atomic E-state index is 0.0146. The summed E-state index contributed by atoms with van der Waals surface area (Å²) in [6, 6.07) is 10.5. The van der Waals surface area contributed by atoms with E-state index in [0.29, 0.717) is 0 Å². The van der Waals surface area contributed by atoms with E-state index >= 15 is 0 Å². The Bertz CT molecular complexity index is 472. The number of hydrogen-bond donors (Lipinski definition) is 0. The molecule has 0 aliphatic carbocycles. The van der Waals surface area contributed by atoms with Gasteiger partial charge in [-0.15, -0.1) is 6.58 Å². The van der Waals surface area contributed by atoms with Crippen LogP contribution in [0.3, 0.4) is 0 Å². The van der Waals surface area contributed by atoms with Crippen molar-refractivity contribution in [2.75, 3.05) is 6.61 Å². The number of rotatable bonds is 6. The molecule has 21 heavy (non-hydrogen) atoms. The molecule has 1 fully saturated rings. The molecule has 0 N–H and O–H groups in total. The molecule has 1 aliphatic heterocycles. The van der Waals surface area contributed by atoms with Crippen molar-refractivity contribution in [2.24, 2.45) is 0 Å². The highest BCUT2D eigenvalue weighted by Crippen LogP contribution is 2.41. The molecule has 116 valence electrons. The molecule has 0 unspecified atom stereocenters. The van der Waals surface area contributed by atoms with Gasteiger partial charge in [-0.25, -0.2) is 0 Å². The Morgan fingerprint density at radius 2 is 1.86 bits per heavy atom. The molecule has 1 aliphatic rings. The summed E-state index contributed by atoms with van der Waals surface area (Å²) in [5.74, 6) is 0.248. The lowest BCUT2D eigenvalue weighted by Crippen LogP contribution is -2.45. The van der Waals surface area contributed by atoms with Gasteiger partial charge in [-0.2, -0.15) is 0 Å². The highest BCUT2D eigenvalue weighted by molar-refractivity contribution is 6.74. The van der Waals surface area contributed by atoms with E-state index in [1.807, 2.05) is 12.1 Å². The third-order valence-electron chi connectivity index (χ3n) is 4.77. The van der Waals surface area contributed by atoms with E-state index in [9.17, 15) is 0 Å². The first-order valence-electron chi connectivity index (χ1n) is 7.73. The Kier molecular flexibility index (Phi) is 4.76. The molecule has 0 amide bonds. The van der Waals surface area contributed by atoms with Gasteiger partial charge in [0, 0.05) is 5.92 Å². The van der Waals surface area contributed by atoms with Crippen LogP contribution in [-0.2, 0) is 9.16 Å². The van der Waals surface area contributed by atoms with Crippen LogP contribution >= 0.6 is 0 Å². The highest BCUT2D eigenvalue weighted by Gasteiger charge is 2.44. The molecule has 0 saturated carbocycles. The van der Waals surface area contributed by atoms with Crippen LogP contribution in [0, 0.1) is 0 Å². The van der Waals surface area contributed by atoms with E-state index in [0.717, 1.165) is 6.61 Å². The number of hydrogen-bond acceptors (Lipinski definition) is 2. The van der Waals surface area contributed by atoms with Gasteiger partial charge in [-0.05, 0) is 23.7 Å². The normalized spacial score (nSPS) is 21.7. The maximum atomic E-state index is 6.61. The lowest BCUT2D eigenvalue weighted by atomic mass is 9.90. The third kappa shape index (κ3) is 3.85. The zero-order chi connectivity index (χ0) is 15.7. The van der Waals surface area contributed by atoms with Crippen LogP contribution in [0.4, 0.5) is 0 Å². The molecule has 0 bridgehead atoms. The molecule has 0 spiro atoms. The molecule has 2 rings (SSSR count). The van der Waals surface area contributed by atoms with Crippen LogP contribution in [0.1, 0.15) is 32.3 Å². The molecule has 2 nitrogen and oxygen atoms in total. The fraction of sp³-hybridized carbons (Fsp3) is 0.556. The summed E-state index contributed by atoms with van der Waals surface area (Å²) >= 11 is 0. The summed E-state index contributed by atoms with van der Waals surface area (Å²) in [5, 5.41) is 0.194. The summed E-state index contributed by atoms with van der Waals surface area (Å²) in [5.41, 5.74) is 1.28. The van der Waals surface area contributed by atoms with Crippen molar-refractivity contribution in [1.82, 2.24) is 0 Å². The fourth-order valence-electron chi connectivity index (χ4n) is 2.34. The summed E-state index contributed by atoms with van der Waals surface area (Å²) in [6.07, 6.45) is 2.24. The van der Waals surface area contributed by atoms with Crippen LogP contribution in [0.25, 0.3) is 0 Å². The van der Waals surface area contributed by atoms with Crippen molar-refractivity contribution in [3.8, 4) is 0 Å². The van der Waals surface area contributed by atoms with Gasteiger partial charge >= 0.3 is 0 Å². The van der Waals surface area contributed by atoms with E-state index in [4.69, 9.17) is 9.16 Å². The van der Waals surface area contributed by atoms with Crippen LogP contribution in [-0.4, -0.2) is 27.1 Å². The number of benzene rings is 1. The molecule has 1 aromatic rings. The smallest absolute Gasteiger partial charge is 0.192 e. The van der Waals surface area contributed by atoms with E-state index in [2.05, 4.69) is 64.7 Å². The van der Waals surface area contributed by atoms with E-state index in [1.165, 1.54) is 5.56 Å². The topological polar surface area (TPSA) is 21.8 Å². The first-order valence-corrected chi connectivity index (χ1v) is 10.6. The molecule has 0 radical (unpaired) electrons. The van der Waals surface area contributed by atoms with Gasteiger partial charge in [-0.3, -0.25) is 0 Å². The summed E-state index contributed by atoms with van der Waals surface area (Å²) in [4.78, 5) is 0. The Morgan fingerprint density at radius 3 is 2.29 bits per heavy atom. The van der Waals surface area contributed by atoms with Crippen molar-refractivity contribution in [3.05, 3.63) is 48.6 Å². The highest BCUT2D eigenvalue weighted by atomic mass is 28.4. The summed E-state index contributed by atoms with van der Waals surface area (Å²) in [7, 11) is -1.83. The molecule has 3 atom stereocenters. The maximum absolute atomic E-state index is 6.61. The largest absolute Gasteiger partial charge is 0.410 e. The quantitative estimate of drug-likeness (QED) is 0.430. The second-order valence-corrected chi connectivity index (χ2v) is 12.1. The molecular weight excluding hydrogens is 276 g/mol. The average molecular weight is 305 g/mol. The zero-order valence-electron chi connectivity index (χ0n) is 13.9. The molecule has 3 heteroatoms. The van der Waals surface area contributed by atoms with Gasteiger partial charge < -0.3 is 9.16 Å². The van der Waals surface area contributed by atoms with Crippen molar-refractivity contribution in [1.29, 1.82) is 0 Å². The number of epoxide rings is 1. The van der Waals surface area contributed by atoms with Crippen LogP contribution in [0.15, 0.2) is 43.0 Å². The summed E-state index contributed by atoms with van der Waals surface area (Å²) < 4.78 is 12.2. The second kappa shape index (κ2) is 6.07. The monoisotopic (exact) mass is 304 g/mol. The first-order chi connectivity index (χ1) is 9.76. The van der Waals surface area contributed by atoms with Crippen LogP contribution < -0.4 is 0 Å². The van der Waals surface area contributed by atoms with Crippen molar-refractivity contribution in [2.45, 2.75) is 57.0 Å². The van der Waals surface area contributed by atoms with Crippen molar-refractivity contribution in [3.63, 3.8) is 0 Å². The van der Waals surface area contributed by atoms with Crippen molar-refractivity contribution >= 4 is 8.32 Å². The van der Waals surface area contributed by atoms with Gasteiger partial charge in [0.15, 0.2) is 8.32 Å². The molecule has 0 aromatic heterocycles. The molecular formula is C18H28O2Si. The van der Waals surface area contributed by atoms with Gasteiger partial charge in [0.05, 0.1) is 18.8 Å². The molecule has 1 aromatic carbocycles. The van der Waals surface area contributed by atoms with Gasteiger partial charge in [0.2, 0.25) is 0 Å². The third-order valence-corrected chi connectivity index (χ3v) is 9.24. The van der Waals surface area contributed by atoms with Crippen molar-refractivity contribution < 1.29 is 9.16 Å². The number of ether oxygens (including phenoxy) is 1. The zero-order valence-corrected chi connectivity index (χ0v) is 14.9. The Labute approximate surface area is 130 Å². The molecule has 1 saturated heterocycles. The minimum atomic E-state index is -1.83. The Hall–Kier alpha value is -0.903. The average Bonchev–Trinajstić information content (AvgIpc) is 3.22. The fourth-order valence-corrected chi connectivity index (χ4v) is 3.62. The van der Waals surface area contributed by atoms with Gasteiger partial charge in [-0.1, -0.05) is 57.2 Å². The van der Waals surface area contributed by atoms with Crippen LogP contribution in [0.2, 0.25) is 18.1 Å². The predicted molar refractivity (Wildman–Crippen MR) is 91.2 cm³/mol. The minimum Gasteiger partial charge on any atom is -0.410 e. The van der Waals surface area contributed by atoms with E-state index < -0.39 is 8.32 Å². The predicted octanol–water partition coefficient (Wildman–Crippen LogP) is 4.75. The molecule has 1 heterocycles. The van der Waals surface area contributed by atoms with E-state index in [1.54, 1.807) is 0 Å². The SMILES string of the molecule is C=C[C@@H](O[Si](C)(C)C(C)(C)C)[C@H](c1ccccc1)[C@@H]1CO1. The lowest BCUT2D eigenvalue weighted by Gasteiger charge is -2.40. The maximum Gasteiger partial charge on any atom is 0.192 e. The standard InChI is InChI=1S/C18H28O2Si/c1-7-15(20-21(5,6)18(2,3)4)17(16-13-19-16)14-11-9-8-10-12-14/h7-12,15-17H,1,13H2,2-6H3/t15-,16+,17+/m1/s1. The van der Waals surface area contributed by atoms with Gasteiger partial charge in [0.1, 0.15) is 0 Å². The lowest BCUT2D eigenvalue weighted by molar-refractivity contribution is 0.175. The second-order valence-electron chi connectivity index (χ2n) is 7.39. The van der Waals surface area contributed by atoms with Crippen LogP contribution in [0.5, 0.6) is 0 Å². The first kappa shape index (κ1) is 16.5. The Balaban J connectivity index is 2.24. The van der Waals surface area contributed by atoms with E-state index in [-0.39, 0.29) is 23.2 Å². The Morgan fingerprint density at radius 1 is 1.29 bits per heavy atom. The van der Waals surface area contributed by atoms with Gasteiger partial charge in [0.25, 0.3) is 0 Å². The summed E-state index contributed by atoms with van der Waals surface area (Å²) in [6.45, 7) is 16.2.